The predicted molar refractivity (Wildman–Crippen MR) is 310 cm³/mol. The summed E-state index contributed by atoms with van der Waals surface area (Å²) in [7, 11) is -10.6. The number of ether oxygens (including phenoxy) is 8. The van der Waals surface area contributed by atoms with Crippen LogP contribution < -0.4 is 48.3 Å². The summed E-state index contributed by atoms with van der Waals surface area (Å²) < 4.78 is 116. The van der Waals surface area contributed by atoms with Gasteiger partial charge in [-0.2, -0.15) is 16.8 Å². The van der Waals surface area contributed by atoms with Crippen molar-refractivity contribution in [2.24, 2.45) is 5.73 Å². The lowest BCUT2D eigenvalue weighted by molar-refractivity contribution is -0.357. The van der Waals surface area contributed by atoms with Gasteiger partial charge in [0.15, 0.2) is 25.2 Å². The normalized spacial score (nSPS) is 32.4. The quantitative estimate of drug-likeness (QED) is 0.0205. The van der Waals surface area contributed by atoms with Crippen molar-refractivity contribution in [1.82, 2.24) is 42.5 Å². The van der Waals surface area contributed by atoms with E-state index in [1.807, 2.05) is 0 Å². The number of primary amides is 1. The molecule has 4 fully saturated rings. The molecule has 0 unspecified atom stereocenters. The van der Waals surface area contributed by atoms with Gasteiger partial charge >= 0.3 is 20.8 Å². The second-order valence-electron chi connectivity index (χ2n) is 22.5. The van der Waals surface area contributed by atoms with E-state index in [1.54, 1.807) is 0 Å². The van der Waals surface area contributed by atoms with Gasteiger partial charge in [-0.15, -0.1) is 0 Å². The third-order valence-corrected chi connectivity index (χ3v) is 15.8. The summed E-state index contributed by atoms with van der Waals surface area (Å²) in [4.78, 5) is 116. The van der Waals surface area contributed by atoms with E-state index < -0.39 is 299 Å². The number of nitrogens with one attached hydrogen (secondary N) is 8. The van der Waals surface area contributed by atoms with Gasteiger partial charge in [-0.3, -0.25) is 52.3 Å². The first-order valence-electron chi connectivity index (χ1n) is 29.6. The zero-order valence-corrected chi connectivity index (χ0v) is 54.3. The number of hydrogen-bond donors (Lipinski definition) is 23. The van der Waals surface area contributed by atoms with E-state index in [2.05, 4.69) is 50.9 Å². The van der Waals surface area contributed by atoms with Crippen LogP contribution >= 0.6 is 0 Å². The average Bonchev–Trinajstić information content (AvgIpc) is 0.783. The summed E-state index contributed by atoms with van der Waals surface area (Å²) in [6.45, 7) is -0.226. The van der Waals surface area contributed by atoms with Crippen LogP contribution in [0.25, 0.3) is 0 Å². The molecule has 46 nitrogen and oxygen atoms in total. The zero-order chi connectivity index (χ0) is 74.0. The number of hydrogen-bond acceptors (Lipinski definition) is 35. The number of carbonyl (C=O) groups excluding carboxylic acids is 9. The molecule has 0 aromatic carbocycles. The van der Waals surface area contributed by atoms with E-state index in [9.17, 15) is 121 Å². The molecule has 9 amide bonds. The lowest BCUT2D eigenvalue weighted by Gasteiger charge is -2.46. The minimum atomic E-state index is -5.32. The average molecular weight is 1470 g/mol. The van der Waals surface area contributed by atoms with Crippen LogP contribution in [0.2, 0.25) is 0 Å². The molecule has 0 aromatic heterocycles. The number of rotatable bonds is 36. The van der Waals surface area contributed by atoms with Crippen molar-refractivity contribution in [1.29, 1.82) is 0 Å². The Balaban J connectivity index is 1.25. The third kappa shape index (κ3) is 24.8. The molecule has 4 aliphatic rings. The molecule has 4 aliphatic heterocycles. The summed E-state index contributed by atoms with van der Waals surface area (Å²) in [5.41, 5.74) is 5.26. The van der Waals surface area contributed by atoms with Crippen molar-refractivity contribution in [3.8, 4) is 0 Å². The standard InChI is InChI=1S/C50H85N9O37S2/c1-16(41(51)75)54-46(80)22(11-28(66)53-7-9-88-48-34(72)32(70)38(26(15-63)92-48)94-50-36(74)40(96-98(84,85)86)30(68)24(13-61)90-50)59-44(78)19(4)56-42(76)17(2)55-43(77)18(3)57-45(79)21(58-20(5)64)10-27(65)52-6-8-87-47-33(71)31(69)37(25(14-62)91-47)93-49-35(73)39(95-97(81,82)83)29(67)23(12-60)89-49/h16-19,21-26,29-40,47-50,60-63,67-74H,6-15H2,1-5H3,(H2,51,75)(H,52,65)(H,53,66)(H,54,80)(H,55,77)(H,56,76)(H,57,79)(H,58,64)(H,59,78)(H,81,82,83)(H,84,85,86)/t16-,17-,18-,19-,21-,22-,23+,24+,25+,26+,29-,30-,31+,32+,33+,34+,35+,36+,37+,38+,39-,40-,47+,48+,49-,50-/m0/s1. The lowest BCUT2D eigenvalue weighted by atomic mass is 9.97. The Labute approximate surface area is 556 Å². The number of carbonyl (C=O) groups is 9. The van der Waals surface area contributed by atoms with Gasteiger partial charge in [-0.25, -0.2) is 8.37 Å². The first-order chi connectivity index (χ1) is 45.7. The van der Waals surface area contributed by atoms with E-state index in [0.717, 1.165) is 27.7 Å². The first kappa shape index (κ1) is 84.6. The number of amides is 9. The molecule has 0 spiro atoms. The monoisotopic (exact) mass is 1470 g/mol. The maximum atomic E-state index is 13.4. The Morgan fingerprint density at radius 1 is 0.418 bits per heavy atom. The summed E-state index contributed by atoms with van der Waals surface area (Å²) >= 11 is 0. The van der Waals surface area contributed by atoms with Crippen LogP contribution in [0.15, 0.2) is 0 Å². The lowest BCUT2D eigenvalue weighted by Crippen LogP contribution is -2.65. The molecule has 4 saturated heterocycles. The minimum absolute atomic E-state index is 0.399. The topological polar surface area (TPSA) is 720 Å². The Morgan fingerprint density at radius 3 is 1.06 bits per heavy atom. The maximum absolute atomic E-state index is 13.4. The molecule has 564 valence electrons. The van der Waals surface area contributed by atoms with Crippen molar-refractivity contribution in [2.75, 3.05) is 52.7 Å². The van der Waals surface area contributed by atoms with Gasteiger partial charge < -0.3 is 147 Å². The molecule has 26 atom stereocenters. The number of aliphatic hydroxyl groups is 12. The molecule has 4 rings (SSSR count). The molecule has 0 aromatic rings. The fourth-order valence-corrected chi connectivity index (χ4v) is 10.7. The largest absolute Gasteiger partial charge is 0.397 e. The van der Waals surface area contributed by atoms with Gasteiger partial charge in [0.25, 0.3) is 0 Å². The minimum Gasteiger partial charge on any atom is -0.394 e. The van der Waals surface area contributed by atoms with Crippen LogP contribution in [0, 0.1) is 0 Å². The van der Waals surface area contributed by atoms with Crippen molar-refractivity contribution in [3.05, 3.63) is 0 Å². The van der Waals surface area contributed by atoms with Gasteiger partial charge in [0.05, 0.1) is 52.5 Å². The van der Waals surface area contributed by atoms with Crippen LogP contribution in [0.5, 0.6) is 0 Å². The molecule has 4 heterocycles. The Bertz CT molecular complexity index is 2930. The van der Waals surface area contributed by atoms with E-state index in [-0.39, 0.29) is 0 Å². The molecule has 0 bridgehead atoms. The second kappa shape index (κ2) is 38.3. The zero-order valence-electron chi connectivity index (χ0n) is 52.6. The molecule has 0 saturated carbocycles. The van der Waals surface area contributed by atoms with Crippen molar-refractivity contribution in [3.63, 3.8) is 0 Å². The summed E-state index contributed by atoms with van der Waals surface area (Å²) in [5, 5.41) is 143. The molecule has 0 radical (unpaired) electrons. The van der Waals surface area contributed by atoms with Gasteiger partial charge in [-0.05, 0) is 27.7 Å². The summed E-state index contributed by atoms with van der Waals surface area (Å²) in [6.07, 6.45) is -40.6. The van der Waals surface area contributed by atoms with Crippen LogP contribution in [0.1, 0.15) is 47.5 Å². The van der Waals surface area contributed by atoms with E-state index >= 15 is 0 Å². The molecule has 24 N–H and O–H groups in total. The smallest absolute Gasteiger partial charge is 0.394 e. The fourth-order valence-electron chi connectivity index (χ4n) is 9.65. The highest BCUT2D eigenvalue weighted by molar-refractivity contribution is 7.81. The molecule has 0 aliphatic carbocycles. The van der Waals surface area contributed by atoms with Crippen LogP contribution in [-0.2, 0) is 110 Å². The third-order valence-electron chi connectivity index (χ3n) is 14.9. The van der Waals surface area contributed by atoms with Crippen molar-refractivity contribution >= 4 is 74.0 Å². The fraction of sp³-hybridized carbons (Fsp3) is 0.820. The van der Waals surface area contributed by atoms with Gasteiger partial charge in [0.2, 0.25) is 53.2 Å². The Kier molecular flexibility index (Phi) is 33.0. The number of nitrogens with two attached hydrogens (primary N) is 1. The van der Waals surface area contributed by atoms with Crippen LogP contribution in [-0.4, -0.2) is 352 Å². The molecular weight excluding hydrogens is 1380 g/mol. The van der Waals surface area contributed by atoms with E-state index in [4.69, 9.17) is 52.7 Å². The van der Waals surface area contributed by atoms with Crippen molar-refractivity contribution < 1.29 is 177 Å². The SMILES string of the molecule is CC(=O)N[C@@H](CC(=O)NCCO[C@@H]1O[C@H](CO)[C@@H](O[C@@H]2O[C@H](CO)[C@H](O)[C@H](OS(=O)(=O)O)[C@H]2O)[C@H](O)[C@H]1O)C(=O)N[C@@H](C)C(=O)N[C@@H](C)C(=O)N[C@@H](C)C(=O)N[C@@H](CC(=O)NCCO[C@@H]1O[C@H](CO)[C@@H](O[C@@H]2O[C@H](CO)[C@H](O)[C@H](OS(=O)(=O)O)[C@H]2O)[C@H](O)[C@H]1O)C(=O)N[C@@H](C)C(N)=O. The molecular formula is C50H85N9O37S2. The highest BCUT2D eigenvalue weighted by atomic mass is 32.3. The highest BCUT2D eigenvalue weighted by Gasteiger charge is 2.55. The summed E-state index contributed by atoms with van der Waals surface area (Å²) in [5.74, 6) is -9.05. The van der Waals surface area contributed by atoms with Gasteiger partial charge in [0, 0.05) is 20.0 Å². The molecule has 48 heteroatoms. The van der Waals surface area contributed by atoms with E-state index in [1.165, 1.54) is 6.92 Å². The van der Waals surface area contributed by atoms with Gasteiger partial charge in [-0.1, -0.05) is 0 Å². The first-order valence-corrected chi connectivity index (χ1v) is 32.4. The Hall–Kier alpha value is -5.83. The highest BCUT2D eigenvalue weighted by Crippen LogP contribution is 2.33. The molecule has 98 heavy (non-hydrogen) atoms. The summed E-state index contributed by atoms with van der Waals surface area (Å²) in [6, 6.07) is -9.27. The Morgan fingerprint density at radius 2 is 0.735 bits per heavy atom. The second-order valence-corrected chi connectivity index (χ2v) is 24.6. The van der Waals surface area contributed by atoms with E-state index in [0.29, 0.717) is 0 Å². The van der Waals surface area contributed by atoms with Crippen LogP contribution in [0.4, 0.5) is 0 Å². The maximum Gasteiger partial charge on any atom is 0.397 e. The predicted octanol–water partition coefficient (Wildman–Crippen LogP) is -15.6. The number of aliphatic hydroxyl groups excluding tert-OH is 12. The van der Waals surface area contributed by atoms with Crippen molar-refractivity contribution in [2.45, 2.75) is 207 Å². The van der Waals surface area contributed by atoms with Gasteiger partial charge in [0.1, 0.15) is 134 Å². The van der Waals surface area contributed by atoms with Crippen LogP contribution in [0.3, 0.4) is 0 Å².